The maximum atomic E-state index is 12.0. The second-order valence-electron chi connectivity index (χ2n) is 6.25. The number of amides is 2. The summed E-state index contributed by atoms with van der Waals surface area (Å²) >= 11 is 0. The number of anilines is 1. The van der Waals surface area contributed by atoms with E-state index in [1.807, 2.05) is 6.92 Å². The highest BCUT2D eigenvalue weighted by Crippen LogP contribution is 2.23. The second-order valence-corrected chi connectivity index (χ2v) is 6.25. The van der Waals surface area contributed by atoms with Crippen molar-refractivity contribution in [3.8, 4) is 5.88 Å². The van der Waals surface area contributed by atoms with E-state index in [0.29, 0.717) is 17.1 Å². The molecule has 3 N–H and O–H groups in total. The van der Waals surface area contributed by atoms with Crippen LogP contribution in [0.2, 0.25) is 0 Å². The van der Waals surface area contributed by atoms with Gasteiger partial charge in [-0.15, -0.1) is 0 Å². The number of aryl methyl sites for hydroxylation is 1. The van der Waals surface area contributed by atoms with Gasteiger partial charge >= 0.3 is 6.03 Å². The molecular weight excluding hydrogens is 320 g/mol. The Labute approximate surface area is 145 Å². The van der Waals surface area contributed by atoms with Crippen molar-refractivity contribution < 1.29 is 9.53 Å². The van der Waals surface area contributed by atoms with Gasteiger partial charge in [0.1, 0.15) is 6.10 Å². The summed E-state index contributed by atoms with van der Waals surface area (Å²) in [5, 5.41) is 5.35. The van der Waals surface area contributed by atoms with Gasteiger partial charge in [0.2, 0.25) is 5.88 Å². The topological polar surface area (TPSA) is 96.1 Å². The Kier molecular flexibility index (Phi) is 5.33. The van der Waals surface area contributed by atoms with Crippen LogP contribution >= 0.6 is 0 Å². The molecule has 3 rings (SSSR count). The van der Waals surface area contributed by atoms with E-state index < -0.39 is 6.03 Å². The number of carbonyl (C=O) groups excluding carboxylic acids is 1. The number of nitrogens with one attached hydrogen (secondary N) is 3. The van der Waals surface area contributed by atoms with E-state index in [2.05, 4.69) is 20.6 Å². The minimum atomic E-state index is -0.396. The van der Waals surface area contributed by atoms with Crippen LogP contribution in [-0.4, -0.2) is 22.1 Å². The fourth-order valence-corrected chi connectivity index (χ4v) is 2.84. The van der Waals surface area contributed by atoms with Gasteiger partial charge in [0.05, 0.1) is 11.9 Å². The van der Waals surface area contributed by atoms with Crippen molar-refractivity contribution in [2.45, 2.75) is 45.3 Å². The number of hydrogen-bond acceptors (Lipinski definition) is 4. The van der Waals surface area contributed by atoms with E-state index in [9.17, 15) is 9.59 Å². The Morgan fingerprint density at radius 3 is 2.88 bits per heavy atom. The molecule has 7 heteroatoms. The second kappa shape index (κ2) is 7.83. The lowest BCUT2D eigenvalue weighted by Gasteiger charge is -2.12. The predicted octanol–water partition coefficient (Wildman–Crippen LogP) is 2.72. The third kappa shape index (κ3) is 4.82. The molecule has 1 aliphatic carbocycles. The molecule has 0 bridgehead atoms. The molecule has 0 unspecified atom stereocenters. The number of ether oxygens (including phenoxy) is 1. The van der Waals surface area contributed by atoms with Crippen LogP contribution in [0.1, 0.15) is 36.8 Å². The zero-order chi connectivity index (χ0) is 17.6. The molecule has 1 saturated carbocycles. The van der Waals surface area contributed by atoms with Gasteiger partial charge in [-0.05, 0) is 50.3 Å². The monoisotopic (exact) mass is 342 g/mol. The molecule has 0 saturated heterocycles. The number of H-pyrrole nitrogens is 1. The molecule has 132 valence electrons. The van der Waals surface area contributed by atoms with Gasteiger partial charge in [-0.25, -0.2) is 9.78 Å². The molecular formula is C18H22N4O3. The minimum Gasteiger partial charge on any atom is -0.474 e. The van der Waals surface area contributed by atoms with Crippen LogP contribution in [0.15, 0.2) is 35.4 Å². The number of carbonyl (C=O) groups is 1. The molecule has 7 nitrogen and oxygen atoms in total. The van der Waals surface area contributed by atoms with Crippen LogP contribution in [0, 0.1) is 6.92 Å². The molecule has 2 aromatic heterocycles. The van der Waals surface area contributed by atoms with Gasteiger partial charge in [-0.1, -0.05) is 0 Å². The maximum Gasteiger partial charge on any atom is 0.319 e. The normalized spacial score (nSPS) is 14.3. The fourth-order valence-electron chi connectivity index (χ4n) is 2.84. The van der Waals surface area contributed by atoms with Gasteiger partial charge in [-0.3, -0.25) is 4.79 Å². The van der Waals surface area contributed by atoms with Crippen LogP contribution in [0.4, 0.5) is 10.5 Å². The highest BCUT2D eigenvalue weighted by Gasteiger charge is 2.16. The van der Waals surface area contributed by atoms with Crippen molar-refractivity contribution in [2.75, 3.05) is 5.32 Å². The average molecular weight is 342 g/mol. The summed E-state index contributed by atoms with van der Waals surface area (Å²) in [5.41, 5.74) is 1.79. The molecule has 0 spiro atoms. The SMILES string of the molecule is Cc1c[nH]c(=O)c(CNC(=O)Nc2ccc(OC3CCCC3)nc2)c1. The van der Waals surface area contributed by atoms with E-state index in [1.165, 1.54) is 12.8 Å². The van der Waals surface area contributed by atoms with Crippen molar-refractivity contribution in [2.24, 2.45) is 0 Å². The van der Waals surface area contributed by atoms with Crippen LogP contribution in [-0.2, 0) is 6.54 Å². The lowest BCUT2D eigenvalue weighted by Crippen LogP contribution is -2.30. The molecule has 0 radical (unpaired) electrons. The van der Waals surface area contributed by atoms with Gasteiger partial charge in [0.25, 0.3) is 5.56 Å². The van der Waals surface area contributed by atoms with Crippen LogP contribution in [0.25, 0.3) is 0 Å². The van der Waals surface area contributed by atoms with E-state index >= 15 is 0 Å². The largest absolute Gasteiger partial charge is 0.474 e. The van der Waals surface area contributed by atoms with Gasteiger partial charge in [0, 0.05) is 24.4 Å². The Morgan fingerprint density at radius 2 is 2.16 bits per heavy atom. The standard InChI is InChI=1S/C18H22N4O3/c1-12-8-13(17(23)20-9-12)10-21-18(24)22-14-6-7-16(19-11-14)25-15-4-2-3-5-15/h6-9,11,15H,2-5,10H2,1H3,(H,20,23)(H2,21,22,24). The Hall–Kier alpha value is -2.83. The minimum absolute atomic E-state index is 0.152. The van der Waals surface area contributed by atoms with Gasteiger partial charge in [-0.2, -0.15) is 0 Å². The third-order valence-corrected chi connectivity index (χ3v) is 4.15. The molecule has 0 aromatic carbocycles. The number of nitrogens with zero attached hydrogens (tertiary/aromatic N) is 1. The lowest BCUT2D eigenvalue weighted by atomic mass is 10.2. The molecule has 1 aliphatic rings. The Bertz CT molecular complexity index is 780. The summed E-state index contributed by atoms with van der Waals surface area (Å²) < 4.78 is 5.79. The summed E-state index contributed by atoms with van der Waals surface area (Å²) in [4.78, 5) is 30.5. The Morgan fingerprint density at radius 1 is 1.36 bits per heavy atom. The van der Waals surface area contributed by atoms with E-state index in [1.54, 1.807) is 30.6 Å². The van der Waals surface area contributed by atoms with Crippen molar-refractivity contribution >= 4 is 11.7 Å². The molecule has 2 amide bonds. The molecule has 25 heavy (non-hydrogen) atoms. The third-order valence-electron chi connectivity index (χ3n) is 4.15. The van der Waals surface area contributed by atoms with Crippen LogP contribution in [0.3, 0.4) is 0 Å². The van der Waals surface area contributed by atoms with E-state index in [4.69, 9.17) is 4.74 Å². The maximum absolute atomic E-state index is 12.0. The van der Waals surface area contributed by atoms with E-state index in [0.717, 1.165) is 18.4 Å². The predicted molar refractivity (Wildman–Crippen MR) is 94.8 cm³/mol. The number of hydrogen-bond donors (Lipinski definition) is 3. The average Bonchev–Trinajstić information content (AvgIpc) is 3.10. The first-order valence-electron chi connectivity index (χ1n) is 8.46. The fraction of sp³-hybridized carbons (Fsp3) is 0.389. The zero-order valence-corrected chi connectivity index (χ0v) is 14.2. The summed E-state index contributed by atoms with van der Waals surface area (Å²) in [5.74, 6) is 0.573. The summed E-state index contributed by atoms with van der Waals surface area (Å²) in [7, 11) is 0. The number of rotatable bonds is 5. The molecule has 0 aliphatic heterocycles. The molecule has 2 aromatic rings. The van der Waals surface area contributed by atoms with Crippen molar-refractivity contribution in [3.05, 3.63) is 52.1 Å². The summed E-state index contributed by atoms with van der Waals surface area (Å²) in [6.07, 6.45) is 7.99. The van der Waals surface area contributed by atoms with E-state index in [-0.39, 0.29) is 18.2 Å². The smallest absolute Gasteiger partial charge is 0.319 e. The Balaban J connectivity index is 1.50. The number of aromatic nitrogens is 2. The summed E-state index contributed by atoms with van der Waals surface area (Å²) in [6.45, 7) is 2.03. The highest BCUT2D eigenvalue weighted by atomic mass is 16.5. The molecule has 1 fully saturated rings. The summed E-state index contributed by atoms with van der Waals surface area (Å²) in [6, 6.07) is 4.85. The zero-order valence-electron chi connectivity index (χ0n) is 14.2. The van der Waals surface area contributed by atoms with Gasteiger partial charge in [0.15, 0.2) is 0 Å². The lowest BCUT2D eigenvalue weighted by molar-refractivity contribution is 0.201. The highest BCUT2D eigenvalue weighted by molar-refractivity contribution is 5.88. The van der Waals surface area contributed by atoms with Crippen LogP contribution < -0.4 is 20.9 Å². The first kappa shape index (κ1) is 17.0. The first-order chi connectivity index (χ1) is 12.1. The van der Waals surface area contributed by atoms with Crippen molar-refractivity contribution in [1.29, 1.82) is 0 Å². The molecule has 2 heterocycles. The molecule has 0 atom stereocenters. The van der Waals surface area contributed by atoms with Crippen LogP contribution in [0.5, 0.6) is 5.88 Å². The first-order valence-corrected chi connectivity index (χ1v) is 8.46. The van der Waals surface area contributed by atoms with Crippen molar-refractivity contribution in [3.63, 3.8) is 0 Å². The van der Waals surface area contributed by atoms with Crippen molar-refractivity contribution in [1.82, 2.24) is 15.3 Å². The number of pyridine rings is 2. The number of aromatic amines is 1. The quantitative estimate of drug-likeness (QED) is 0.778. The van der Waals surface area contributed by atoms with Gasteiger partial charge < -0.3 is 20.4 Å². The number of urea groups is 1.